The minimum Gasteiger partial charge on any atom is -0.496 e. The molecule has 0 aliphatic carbocycles. The van der Waals surface area contributed by atoms with E-state index in [0.29, 0.717) is 22.2 Å². The van der Waals surface area contributed by atoms with Crippen LogP contribution in [-0.2, 0) is 4.79 Å². The molecule has 134 valence electrons. The van der Waals surface area contributed by atoms with Crippen LogP contribution in [0.1, 0.15) is 5.56 Å². The van der Waals surface area contributed by atoms with E-state index in [1.165, 1.54) is 4.90 Å². The number of amides is 1. The molecule has 0 radical (unpaired) electrons. The van der Waals surface area contributed by atoms with Crippen molar-refractivity contribution in [2.24, 2.45) is 0 Å². The molecule has 0 atom stereocenters. The second kappa shape index (κ2) is 7.47. The topological polar surface area (TPSA) is 44.8 Å². The smallest absolute Gasteiger partial charge is 0.281 e. The van der Waals surface area contributed by atoms with E-state index in [9.17, 15) is 4.79 Å². The van der Waals surface area contributed by atoms with Crippen molar-refractivity contribution in [2.75, 3.05) is 31.0 Å². The van der Waals surface area contributed by atoms with Crippen LogP contribution in [0.3, 0.4) is 0 Å². The number of rotatable bonds is 4. The summed E-state index contributed by atoms with van der Waals surface area (Å²) >= 11 is 8.74. The first kappa shape index (κ1) is 18.4. The van der Waals surface area contributed by atoms with Crippen LogP contribution in [0.25, 0.3) is 6.08 Å². The highest BCUT2D eigenvalue weighted by Crippen LogP contribution is 2.29. The van der Waals surface area contributed by atoms with E-state index in [-0.39, 0.29) is 5.91 Å². The average molecular weight is 432 g/mol. The molecule has 2 aromatic carbocycles. The lowest BCUT2D eigenvalue weighted by molar-refractivity contribution is -0.113. The Hall–Kier alpha value is -2.38. The number of ether oxygens (including phenoxy) is 1. The Morgan fingerprint density at radius 2 is 1.88 bits per heavy atom. The van der Waals surface area contributed by atoms with E-state index in [0.717, 1.165) is 15.7 Å². The maximum absolute atomic E-state index is 12.8. The highest BCUT2D eigenvalue weighted by molar-refractivity contribution is 9.10. The number of methoxy groups -OCH3 is 1. The summed E-state index contributed by atoms with van der Waals surface area (Å²) in [7, 11) is 5.53. The molecular formula is C19H18BrN3O2S. The van der Waals surface area contributed by atoms with Crippen LogP contribution >= 0.6 is 28.1 Å². The summed E-state index contributed by atoms with van der Waals surface area (Å²) in [5, 5.41) is 3.35. The lowest BCUT2D eigenvalue weighted by Gasteiger charge is -2.15. The lowest BCUT2D eigenvalue weighted by atomic mass is 10.1. The fraction of sp³-hybridized carbons (Fsp3) is 0.158. The zero-order chi connectivity index (χ0) is 18.8. The molecular weight excluding hydrogens is 414 g/mol. The van der Waals surface area contributed by atoms with Crippen molar-refractivity contribution < 1.29 is 9.53 Å². The molecule has 1 aliphatic heterocycles. The lowest BCUT2D eigenvalue weighted by Crippen LogP contribution is -2.30. The van der Waals surface area contributed by atoms with E-state index in [4.69, 9.17) is 17.0 Å². The number of carbonyl (C=O) groups excluding carboxylic acids is 1. The third kappa shape index (κ3) is 3.59. The number of carbonyl (C=O) groups is 1. The molecule has 1 N–H and O–H groups in total. The molecule has 1 aliphatic rings. The zero-order valence-corrected chi connectivity index (χ0v) is 17.0. The number of hydrogen-bond donors (Lipinski definition) is 1. The van der Waals surface area contributed by atoms with Gasteiger partial charge in [0.25, 0.3) is 5.91 Å². The van der Waals surface area contributed by atoms with Crippen LogP contribution in [0, 0.1) is 0 Å². The van der Waals surface area contributed by atoms with Crippen molar-refractivity contribution in [3.8, 4) is 5.75 Å². The Kier molecular flexibility index (Phi) is 5.29. The first-order valence-electron chi connectivity index (χ1n) is 7.89. The van der Waals surface area contributed by atoms with Gasteiger partial charge in [-0.2, -0.15) is 0 Å². The van der Waals surface area contributed by atoms with Crippen molar-refractivity contribution in [2.45, 2.75) is 0 Å². The van der Waals surface area contributed by atoms with Gasteiger partial charge in [-0.1, -0.05) is 15.9 Å². The Morgan fingerprint density at radius 3 is 2.50 bits per heavy atom. The van der Waals surface area contributed by atoms with Crippen molar-refractivity contribution in [3.63, 3.8) is 0 Å². The number of thiocarbonyl (C=S) groups is 1. The second-order valence-corrected chi connectivity index (χ2v) is 7.23. The predicted octanol–water partition coefficient (Wildman–Crippen LogP) is 3.79. The highest BCUT2D eigenvalue weighted by Gasteiger charge is 2.32. The number of anilines is 2. The molecule has 0 unspecified atom stereocenters. The van der Waals surface area contributed by atoms with E-state index in [2.05, 4.69) is 21.2 Å². The summed E-state index contributed by atoms with van der Waals surface area (Å²) in [6.45, 7) is 0. The molecule has 0 aromatic heterocycles. The van der Waals surface area contributed by atoms with Crippen LogP contribution in [0.5, 0.6) is 5.75 Å². The molecule has 0 bridgehead atoms. The predicted molar refractivity (Wildman–Crippen MR) is 113 cm³/mol. The number of benzene rings is 2. The van der Waals surface area contributed by atoms with Crippen molar-refractivity contribution in [1.82, 2.24) is 5.32 Å². The number of nitrogens with one attached hydrogen (secondary N) is 1. The molecule has 0 spiro atoms. The molecule has 7 heteroatoms. The molecule has 1 saturated heterocycles. The summed E-state index contributed by atoms with van der Waals surface area (Å²) in [5.41, 5.74) is 2.94. The van der Waals surface area contributed by atoms with Gasteiger partial charge in [-0.25, -0.2) is 0 Å². The zero-order valence-electron chi connectivity index (χ0n) is 14.6. The minimum atomic E-state index is -0.198. The van der Waals surface area contributed by atoms with E-state index >= 15 is 0 Å². The van der Waals surface area contributed by atoms with Crippen LogP contribution < -0.4 is 19.9 Å². The highest BCUT2D eigenvalue weighted by atomic mass is 79.9. The first-order chi connectivity index (χ1) is 12.4. The molecule has 3 rings (SSSR count). The molecule has 0 saturated carbocycles. The summed E-state index contributed by atoms with van der Waals surface area (Å²) in [5.74, 6) is 0.488. The van der Waals surface area contributed by atoms with Gasteiger partial charge in [0.2, 0.25) is 0 Å². The largest absolute Gasteiger partial charge is 0.496 e. The van der Waals surface area contributed by atoms with Crippen LogP contribution in [-0.4, -0.2) is 32.2 Å². The normalized spacial score (nSPS) is 15.4. The summed E-state index contributed by atoms with van der Waals surface area (Å²) in [6, 6.07) is 13.2. The monoisotopic (exact) mass is 431 g/mol. The van der Waals surface area contributed by atoms with Gasteiger partial charge in [0.05, 0.1) is 12.8 Å². The second-order valence-electron chi connectivity index (χ2n) is 5.93. The summed E-state index contributed by atoms with van der Waals surface area (Å²) in [6.07, 6.45) is 1.76. The molecule has 1 heterocycles. The van der Waals surface area contributed by atoms with Crippen LogP contribution in [0.4, 0.5) is 11.4 Å². The maximum atomic E-state index is 12.8. The standard InChI is InChI=1S/C19H18BrN3O2S/c1-22(2)15-7-4-12(17(11-15)25-3)10-16-18(24)23(19(26)21-16)14-8-5-13(20)6-9-14/h4-11H,1-3H3,(H,21,26)/b16-10+. The fourth-order valence-electron chi connectivity index (χ4n) is 2.61. The fourth-order valence-corrected chi connectivity index (χ4v) is 3.18. The van der Waals surface area contributed by atoms with E-state index < -0.39 is 0 Å². The number of halogens is 1. The SMILES string of the molecule is COc1cc(N(C)C)ccc1/C=C1/NC(=S)N(c2ccc(Br)cc2)C1=O. The van der Waals surface area contributed by atoms with Gasteiger partial charge in [-0.3, -0.25) is 9.69 Å². The van der Waals surface area contributed by atoms with Crippen molar-refractivity contribution in [1.29, 1.82) is 0 Å². The van der Waals surface area contributed by atoms with Gasteiger partial charge in [0.15, 0.2) is 5.11 Å². The van der Waals surface area contributed by atoms with Gasteiger partial charge in [0, 0.05) is 35.9 Å². The van der Waals surface area contributed by atoms with Gasteiger partial charge >= 0.3 is 0 Å². The third-order valence-electron chi connectivity index (χ3n) is 4.00. The molecule has 1 amide bonds. The van der Waals surface area contributed by atoms with E-state index in [1.54, 1.807) is 13.2 Å². The van der Waals surface area contributed by atoms with Crippen LogP contribution in [0.15, 0.2) is 52.6 Å². The Bertz CT molecular complexity index is 894. The Morgan fingerprint density at radius 1 is 1.19 bits per heavy atom. The maximum Gasteiger partial charge on any atom is 0.281 e. The number of hydrogen-bond acceptors (Lipinski definition) is 4. The molecule has 1 fully saturated rings. The van der Waals surface area contributed by atoms with Crippen molar-refractivity contribution in [3.05, 3.63) is 58.2 Å². The Balaban J connectivity index is 1.94. The quantitative estimate of drug-likeness (QED) is 0.589. The minimum absolute atomic E-state index is 0.198. The van der Waals surface area contributed by atoms with Gasteiger partial charge < -0.3 is 15.0 Å². The molecule has 2 aromatic rings. The average Bonchev–Trinajstić information content (AvgIpc) is 2.89. The van der Waals surface area contributed by atoms with Gasteiger partial charge in [0.1, 0.15) is 11.4 Å². The van der Waals surface area contributed by atoms with Gasteiger partial charge in [-0.15, -0.1) is 0 Å². The first-order valence-corrected chi connectivity index (χ1v) is 9.09. The van der Waals surface area contributed by atoms with Crippen LogP contribution in [0.2, 0.25) is 0 Å². The van der Waals surface area contributed by atoms with Gasteiger partial charge in [-0.05, 0) is 54.7 Å². The van der Waals surface area contributed by atoms with E-state index in [1.807, 2.05) is 61.5 Å². The molecule has 5 nitrogen and oxygen atoms in total. The third-order valence-corrected chi connectivity index (χ3v) is 4.81. The van der Waals surface area contributed by atoms with Crippen molar-refractivity contribution >= 4 is 56.6 Å². The summed E-state index contributed by atoms with van der Waals surface area (Å²) < 4.78 is 6.41. The summed E-state index contributed by atoms with van der Waals surface area (Å²) in [4.78, 5) is 16.3. The number of nitrogens with zero attached hydrogens (tertiary/aromatic N) is 2. The Labute approximate surface area is 166 Å². The molecule has 26 heavy (non-hydrogen) atoms.